The lowest BCUT2D eigenvalue weighted by molar-refractivity contribution is -0.121. The summed E-state index contributed by atoms with van der Waals surface area (Å²) in [7, 11) is 0. The zero-order chi connectivity index (χ0) is 15.4. The third kappa shape index (κ3) is 3.25. The lowest BCUT2D eigenvalue weighted by Crippen LogP contribution is -2.32. The topological polar surface area (TPSA) is 82.5 Å². The maximum absolute atomic E-state index is 11.9. The smallest absolute Gasteiger partial charge is 0.347 e. The van der Waals surface area contributed by atoms with Gasteiger partial charge in [0.25, 0.3) is 0 Å². The largest absolute Gasteiger partial charge is 0.486 e. The fourth-order valence-corrected chi connectivity index (χ4v) is 2.12. The van der Waals surface area contributed by atoms with Crippen LogP contribution < -0.4 is 20.5 Å². The average molecular weight is 301 g/mol. The number of nitrogens with zero attached hydrogens (tertiary/aromatic N) is 2. The van der Waals surface area contributed by atoms with Crippen molar-refractivity contribution in [3.8, 4) is 11.5 Å². The van der Waals surface area contributed by atoms with Crippen molar-refractivity contribution >= 4 is 5.91 Å². The molecule has 7 heteroatoms. The van der Waals surface area contributed by atoms with Crippen molar-refractivity contribution in [3.05, 3.63) is 52.7 Å². The van der Waals surface area contributed by atoms with Crippen LogP contribution in [0.15, 0.2) is 41.5 Å². The van der Waals surface area contributed by atoms with Crippen LogP contribution in [0.4, 0.5) is 0 Å². The van der Waals surface area contributed by atoms with Gasteiger partial charge in [0.15, 0.2) is 11.5 Å². The summed E-state index contributed by atoms with van der Waals surface area (Å²) in [5.74, 6) is 1.13. The van der Waals surface area contributed by atoms with Gasteiger partial charge in [0, 0.05) is 18.9 Å². The summed E-state index contributed by atoms with van der Waals surface area (Å²) in [4.78, 5) is 26.9. The van der Waals surface area contributed by atoms with Gasteiger partial charge in [-0.1, -0.05) is 6.07 Å². The van der Waals surface area contributed by atoms with Crippen molar-refractivity contribution in [2.24, 2.45) is 0 Å². The minimum absolute atomic E-state index is 0.0583. The molecule has 0 spiro atoms. The minimum atomic E-state index is -0.447. The van der Waals surface area contributed by atoms with Crippen LogP contribution >= 0.6 is 0 Å². The van der Waals surface area contributed by atoms with E-state index in [1.807, 2.05) is 18.2 Å². The van der Waals surface area contributed by atoms with Gasteiger partial charge in [-0.3, -0.25) is 9.36 Å². The molecular weight excluding hydrogens is 286 g/mol. The molecule has 0 saturated carbocycles. The van der Waals surface area contributed by atoms with E-state index in [4.69, 9.17) is 9.47 Å². The minimum Gasteiger partial charge on any atom is -0.486 e. The van der Waals surface area contributed by atoms with Gasteiger partial charge in [0.2, 0.25) is 5.91 Å². The van der Waals surface area contributed by atoms with E-state index in [9.17, 15) is 9.59 Å². The van der Waals surface area contributed by atoms with Gasteiger partial charge in [-0.2, -0.15) is 0 Å². The Balaban J connectivity index is 1.59. The summed E-state index contributed by atoms with van der Waals surface area (Å²) in [6.45, 7) is 1.36. The molecule has 0 aliphatic carbocycles. The molecule has 2 heterocycles. The first-order valence-electron chi connectivity index (χ1n) is 6.89. The van der Waals surface area contributed by atoms with E-state index in [1.54, 1.807) is 6.07 Å². The Bertz CT molecular complexity index is 742. The summed E-state index contributed by atoms with van der Waals surface area (Å²) >= 11 is 0. The molecule has 0 fully saturated rings. The standard InChI is InChI=1S/C15H15N3O4/c19-14(10-18-5-1-4-16-15(18)20)17-9-11-2-3-12-13(8-11)22-7-6-21-12/h1-5,8H,6-7,9-10H2,(H,17,19). The Hall–Kier alpha value is -2.83. The molecule has 3 rings (SSSR count). The lowest BCUT2D eigenvalue weighted by atomic mass is 10.2. The molecule has 1 aromatic heterocycles. The van der Waals surface area contributed by atoms with Crippen LogP contribution in [0.3, 0.4) is 0 Å². The van der Waals surface area contributed by atoms with Crippen LogP contribution in [0.1, 0.15) is 5.56 Å². The first kappa shape index (κ1) is 14.1. The third-order valence-corrected chi connectivity index (χ3v) is 3.19. The summed E-state index contributed by atoms with van der Waals surface area (Å²) in [5, 5.41) is 2.76. The predicted molar refractivity (Wildman–Crippen MR) is 77.8 cm³/mol. The van der Waals surface area contributed by atoms with Gasteiger partial charge in [0.05, 0.1) is 0 Å². The molecule has 0 atom stereocenters. The van der Waals surface area contributed by atoms with E-state index < -0.39 is 5.69 Å². The Morgan fingerprint density at radius 2 is 2.09 bits per heavy atom. The first-order valence-corrected chi connectivity index (χ1v) is 6.89. The molecule has 1 amide bonds. The lowest BCUT2D eigenvalue weighted by Gasteiger charge is -2.19. The highest BCUT2D eigenvalue weighted by atomic mass is 16.6. The van der Waals surface area contributed by atoms with Gasteiger partial charge in [-0.25, -0.2) is 9.78 Å². The Labute approximate surface area is 126 Å². The zero-order valence-corrected chi connectivity index (χ0v) is 11.8. The molecule has 0 bridgehead atoms. The number of carbonyl (C=O) groups is 1. The SMILES string of the molecule is O=C(Cn1cccnc1=O)NCc1ccc2c(c1)OCCO2. The van der Waals surface area contributed by atoms with Crippen molar-refractivity contribution in [2.45, 2.75) is 13.1 Å². The highest BCUT2D eigenvalue weighted by Crippen LogP contribution is 2.30. The second-order valence-electron chi connectivity index (χ2n) is 4.78. The zero-order valence-electron chi connectivity index (χ0n) is 11.8. The summed E-state index contributed by atoms with van der Waals surface area (Å²) < 4.78 is 12.2. The van der Waals surface area contributed by atoms with Gasteiger partial charge >= 0.3 is 5.69 Å². The molecule has 1 aromatic carbocycles. The van der Waals surface area contributed by atoms with Gasteiger partial charge < -0.3 is 14.8 Å². The molecule has 0 unspecified atom stereocenters. The Morgan fingerprint density at radius 1 is 1.27 bits per heavy atom. The fraction of sp³-hybridized carbons (Fsp3) is 0.267. The average Bonchev–Trinajstić information content (AvgIpc) is 2.55. The number of rotatable bonds is 4. The van der Waals surface area contributed by atoms with Crippen molar-refractivity contribution in [1.82, 2.24) is 14.9 Å². The van der Waals surface area contributed by atoms with Crippen molar-refractivity contribution < 1.29 is 14.3 Å². The van der Waals surface area contributed by atoms with E-state index in [-0.39, 0.29) is 12.5 Å². The summed E-state index contributed by atoms with van der Waals surface area (Å²) in [6.07, 6.45) is 2.92. The summed E-state index contributed by atoms with van der Waals surface area (Å²) in [5.41, 5.74) is 0.452. The van der Waals surface area contributed by atoms with Crippen molar-refractivity contribution in [3.63, 3.8) is 0 Å². The van der Waals surface area contributed by atoms with E-state index in [0.29, 0.717) is 31.3 Å². The number of hydrogen-bond donors (Lipinski definition) is 1. The van der Waals surface area contributed by atoms with E-state index in [2.05, 4.69) is 10.3 Å². The van der Waals surface area contributed by atoms with Crippen LogP contribution in [0.5, 0.6) is 11.5 Å². The molecule has 7 nitrogen and oxygen atoms in total. The number of amides is 1. The molecular formula is C15H15N3O4. The molecule has 2 aromatic rings. The Morgan fingerprint density at radius 3 is 2.91 bits per heavy atom. The number of hydrogen-bond acceptors (Lipinski definition) is 5. The maximum Gasteiger partial charge on any atom is 0.347 e. The predicted octanol–water partition coefficient (Wildman–Crippen LogP) is 0.331. The maximum atomic E-state index is 11.9. The van der Waals surface area contributed by atoms with Gasteiger partial charge in [-0.05, 0) is 23.8 Å². The first-order chi connectivity index (χ1) is 10.7. The monoisotopic (exact) mass is 301 g/mol. The molecule has 1 aliphatic rings. The molecule has 0 radical (unpaired) electrons. The number of nitrogens with one attached hydrogen (secondary N) is 1. The van der Waals surface area contributed by atoms with Crippen LogP contribution in [0.2, 0.25) is 0 Å². The number of carbonyl (C=O) groups excluding carboxylic acids is 1. The second-order valence-corrected chi connectivity index (χ2v) is 4.78. The van der Waals surface area contributed by atoms with Gasteiger partial charge in [0.1, 0.15) is 19.8 Å². The molecule has 114 valence electrons. The van der Waals surface area contributed by atoms with E-state index >= 15 is 0 Å². The Kier molecular flexibility index (Phi) is 4.04. The van der Waals surface area contributed by atoms with Crippen LogP contribution in [0, 0.1) is 0 Å². The quantitative estimate of drug-likeness (QED) is 0.880. The summed E-state index contributed by atoms with van der Waals surface area (Å²) in [6, 6.07) is 7.13. The second kappa shape index (κ2) is 6.30. The van der Waals surface area contributed by atoms with E-state index in [0.717, 1.165) is 5.56 Å². The molecule has 22 heavy (non-hydrogen) atoms. The normalized spacial score (nSPS) is 12.7. The van der Waals surface area contributed by atoms with E-state index in [1.165, 1.54) is 17.0 Å². The number of aromatic nitrogens is 2. The number of fused-ring (bicyclic) bond motifs is 1. The number of ether oxygens (including phenoxy) is 2. The highest BCUT2D eigenvalue weighted by molar-refractivity contribution is 5.75. The number of benzene rings is 1. The highest BCUT2D eigenvalue weighted by Gasteiger charge is 2.12. The fourth-order valence-electron chi connectivity index (χ4n) is 2.12. The molecule has 0 saturated heterocycles. The van der Waals surface area contributed by atoms with Crippen molar-refractivity contribution in [1.29, 1.82) is 0 Å². The third-order valence-electron chi connectivity index (χ3n) is 3.19. The van der Waals surface area contributed by atoms with Gasteiger partial charge in [-0.15, -0.1) is 0 Å². The van der Waals surface area contributed by atoms with Crippen LogP contribution in [-0.2, 0) is 17.9 Å². The molecule has 1 aliphatic heterocycles. The molecule has 1 N–H and O–H groups in total. The van der Waals surface area contributed by atoms with Crippen LogP contribution in [0.25, 0.3) is 0 Å². The van der Waals surface area contributed by atoms with Crippen molar-refractivity contribution in [2.75, 3.05) is 13.2 Å². The van der Waals surface area contributed by atoms with Crippen LogP contribution in [-0.4, -0.2) is 28.7 Å².